The zero-order valence-corrected chi connectivity index (χ0v) is 12.0. The first kappa shape index (κ1) is 12.5. The summed E-state index contributed by atoms with van der Waals surface area (Å²) in [6.07, 6.45) is 2.13. The molecule has 98 valence electrons. The Kier molecular flexibility index (Phi) is 3.64. The van der Waals surface area contributed by atoms with E-state index in [1.165, 1.54) is 36.6 Å². The smallest absolute Gasteiger partial charge is 0.0320 e. The van der Waals surface area contributed by atoms with Gasteiger partial charge in [-0.1, -0.05) is 12.1 Å². The third kappa shape index (κ3) is 2.31. The monoisotopic (exact) mass is 262 g/mol. The van der Waals surface area contributed by atoms with E-state index < -0.39 is 0 Å². The van der Waals surface area contributed by atoms with Gasteiger partial charge >= 0.3 is 0 Å². The first-order chi connectivity index (χ1) is 8.78. The highest BCUT2D eigenvalue weighted by atomic mass is 32.2. The lowest BCUT2D eigenvalue weighted by atomic mass is 10.0. The molecule has 1 unspecified atom stereocenters. The molecule has 2 fully saturated rings. The van der Waals surface area contributed by atoms with E-state index in [2.05, 4.69) is 47.7 Å². The van der Waals surface area contributed by atoms with E-state index in [1.807, 2.05) is 11.8 Å². The molecular formula is C15H22N2S. The molecule has 1 N–H and O–H groups in total. The molecule has 1 aromatic carbocycles. The first-order valence-electron chi connectivity index (χ1n) is 6.86. The Morgan fingerprint density at radius 3 is 2.33 bits per heavy atom. The molecule has 3 atom stereocenters. The summed E-state index contributed by atoms with van der Waals surface area (Å²) in [5.74, 6) is 1.77. The highest BCUT2D eigenvalue weighted by Gasteiger charge is 2.37. The van der Waals surface area contributed by atoms with Crippen molar-refractivity contribution in [2.24, 2.45) is 11.8 Å². The minimum atomic E-state index is 0.562. The van der Waals surface area contributed by atoms with Crippen molar-refractivity contribution < 1.29 is 0 Å². The molecule has 0 aromatic heterocycles. The van der Waals surface area contributed by atoms with Crippen molar-refractivity contribution in [3.05, 3.63) is 29.8 Å². The van der Waals surface area contributed by atoms with Gasteiger partial charge in [0, 0.05) is 24.0 Å². The highest BCUT2D eigenvalue weighted by molar-refractivity contribution is 7.98. The first-order valence-corrected chi connectivity index (χ1v) is 8.09. The number of likely N-dealkylation sites (tertiary alicyclic amines) is 1. The maximum absolute atomic E-state index is 3.51. The number of hydrogen-bond acceptors (Lipinski definition) is 3. The molecule has 3 heteroatoms. The van der Waals surface area contributed by atoms with Crippen LogP contribution in [0.3, 0.4) is 0 Å². The standard InChI is InChI=1S/C15H22N2S/c1-11(12-3-5-15(18-2)6-4-12)17-9-13-7-16-8-14(13)10-17/h3-6,11,13-14,16H,7-10H2,1-2H3/t11?,13-,14+. The van der Waals surface area contributed by atoms with Crippen molar-refractivity contribution >= 4 is 11.8 Å². The minimum absolute atomic E-state index is 0.562. The molecule has 0 radical (unpaired) electrons. The SMILES string of the molecule is CSc1ccc(C(C)N2C[C@H]3CNC[C@H]3C2)cc1. The molecule has 2 aliphatic heterocycles. The molecular weight excluding hydrogens is 240 g/mol. The summed E-state index contributed by atoms with van der Waals surface area (Å²) in [6.45, 7) is 7.33. The van der Waals surface area contributed by atoms with Gasteiger partial charge in [-0.3, -0.25) is 4.90 Å². The second-order valence-electron chi connectivity index (χ2n) is 5.58. The van der Waals surface area contributed by atoms with Crippen LogP contribution in [0.1, 0.15) is 18.5 Å². The lowest BCUT2D eigenvalue weighted by Crippen LogP contribution is -2.28. The normalized spacial score (nSPS) is 29.4. The number of fused-ring (bicyclic) bond motifs is 1. The van der Waals surface area contributed by atoms with Crippen LogP contribution in [0.25, 0.3) is 0 Å². The van der Waals surface area contributed by atoms with Gasteiger partial charge in [0.15, 0.2) is 0 Å². The van der Waals surface area contributed by atoms with Gasteiger partial charge < -0.3 is 5.32 Å². The summed E-state index contributed by atoms with van der Waals surface area (Å²) < 4.78 is 0. The Bertz CT molecular complexity index is 391. The Balaban J connectivity index is 1.68. The van der Waals surface area contributed by atoms with Gasteiger partial charge in [0.25, 0.3) is 0 Å². The van der Waals surface area contributed by atoms with Gasteiger partial charge in [-0.15, -0.1) is 11.8 Å². The molecule has 2 aliphatic rings. The minimum Gasteiger partial charge on any atom is -0.316 e. The third-order valence-corrected chi connectivity index (χ3v) is 5.31. The van der Waals surface area contributed by atoms with E-state index in [1.54, 1.807) is 0 Å². The van der Waals surface area contributed by atoms with E-state index in [0.717, 1.165) is 11.8 Å². The number of rotatable bonds is 3. The largest absolute Gasteiger partial charge is 0.316 e. The maximum atomic E-state index is 3.51. The van der Waals surface area contributed by atoms with Gasteiger partial charge in [-0.05, 0) is 55.8 Å². The van der Waals surface area contributed by atoms with Crippen molar-refractivity contribution in [1.82, 2.24) is 10.2 Å². The lowest BCUT2D eigenvalue weighted by Gasteiger charge is -2.25. The van der Waals surface area contributed by atoms with Gasteiger partial charge in [0.1, 0.15) is 0 Å². The van der Waals surface area contributed by atoms with Crippen LogP contribution in [-0.2, 0) is 0 Å². The van der Waals surface area contributed by atoms with Crippen molar-refractivity contribution in [1.29, 1.82) is 0 Å². The molecule has 0 bridgehead atoms. The average molecular weight is 262 g/mol. The van der Waals surface area contributed by atoms with Crippen LogP contribution < -0.4 is 5.32 Å². The second-order valence-corrected chi connectivity index (χ2v) is 6.46. The fraction of sp³-hybridized carbons (Fsp3) is 0.600. The van der Waals surface area contributed by atoms with Crippen molar-refractivity contribution in [2.75, 3.05) is 32.4 Å². The van der Waals surface area contributed by atoms with Crippen LogP contribution in [0.5, 0.6) is 0 Å². The fourth-order valence-electron chi connectivity index (χ4n) is 3.30. The van der Waals surface area contributed by atoms with Crippen LogP contribution >= 0.6 is 11.8 Å². The molecule has 18 heavy (non-hydrogen) atoms. The number of hydrogen-bond donors (Lipinski definition) is 1. The van der Waals surface area contributed by atoms with Crippen LogP contribution in [0, 0.1) is 11.8 Å². The summed E-state index contributed by atoms with van der Waals surface area (Å²) >= 11 is 1.81. The van der Waals surface area contributed by atoms with Crippen LogP contribution in [0.4, 0.5) is 0 Å². The lowest BCUT2D eigenvalue weighted by molar-refractivity contribution is 0.244. The molecule has 0 saturated carbocycles. The zero-order chi connectivity index (χ0) is 12.5. The molecule has 3 rings (SSSR count). The average Bonchev–Trinajstić information content (AvgIpc) is 2.99. The topological polar surface area (TPSA) is 15.3 Å². The van der Waals surface area contributed by atoms with E-state index >= 15 is 0 Å². The Hall–Kier alpha value is -0.510. The van der Waals surface area contributed by atoms with E-state index in [0.29, 0.717) is 6.04 Å². The Morgan fingerprint density at radius 2 is 1.78 bits per heavy atom. The molecule has 0 spiro atoms. The number of benzene rings is 1. The summed E-state index contributed by atoms with van der Waals surface area (Å²) in [4.78, 5) is 4.01. The Morgan fingerprint density at radius 1 is 1.17 bits per heavy atom. The van der Waals surface area contributed by atoms with Crippen LogP contribution in [0.2, 0.25) is 0 Å². The number of nitrogens with zero attached hydrogens (tertiary/aromatic N) is 1. The third-order valence-electron chi connectivity index (χ3n) is 4.56. The van der Waals surface area contributed by atoms with Crippen molar-refractivity contribution in [3.8, 4) is 0 Å². The quantitative estimate of drug-likeness (QED) is 0.843. The van der Waals surface area contributed by atoms with E-state index in [-0.39, 0.29) is 0 Å². The molecule has 1 aromatic rings. The second kappa shape index (κ2) is 5.24. The predicted molar refractivity (Wildman–Crippen MR) is 78.1 cm³/mol. The molecule has 2 heterocycles. The van der Waals surface area contributed by atoms with Crippen LogP contribution in [-0.4, -0.2) is 37.3 Å². The Labute approximate surface area is 114 Å². The van der Waals surface area contributed by atoms with E-state index in [4.69, 9.17) is 0 Å². The summed E-state index contributed by atoms with van der Waals surface area (Å²) in [7, 11) is 0. The molecule has 0 amide bonds. The van der Waals surface area contributed by atoms with Gasteiger partial charge in [-0.2, -0.15) is 0 Å². The summed E-state index contributed by atoms with van der Waals surface area (Å²) in [5, 5.41) is 3.51. The fourth-order valence-corrected chi connectivity index (χ4v) is 3.71. The number of nitrogens with one attached hydrogen (secondary N) is 1. The summed E-state index contributed by atoms with van der Waals surface area (Å²) in [6, 6.07) is 9.64. The van der Waals surface area contributed by atoms with E-state index in [9.17, 15) is 0 Å². The summed E-state index contributed by atoms with van der Waals surface area (Å²) in [5.41, 5.74) is 1.46. The van der Waals surface area contributed by atoms with Crippen molar-refractivity contribution in [2.45, 2.75) is 17.9 Å². The molecule has 2 saturated heterocycles. The van der Waals surface area contributed by atoms with Gasteiger partial charge in [-0.25, -0.2) is 0 Å². The van der Waals surface area contributed by atoms with Crippen molar-refractivity contribution in [3.63, 3.8) is 0 Å². The zero-order valence-electron chi connectivity index (χ0n) is 11.2. The molecule has 2 nitrogen and oxygen atoms in total. The van der Waals surface area contributed by atoms with Gasteiger partial charge in [0.2, 0.25) is 0 Å². The predicted octanol–water partition coefficient (Wildman–Crippen LogP) is 2.62. The maximum Gasteiger partial charge on any atom is 0.0320 e. The van der Waals surface area contributed by atoms with Crippen LogP contribution in [0.15, 0.2) is 29.2 Å². The highest BCUT2D eigenvalue weighted by Crippen LogP contribution is 2.33. The van der Waals surface area contributed by atoms with Gasteiger partial charge in [0.05, 0.1) is 0 Å². The number of thioether (sulfide) groups is 1. The molecule has 0 aliphatic carbocycles.